The Bertz CT molecular complexity index is 757. The molecule has 1 aromatic heterocycles. The molecule has 0 aliphatic heterocycles. The molecule has 0 unspecified atom stereocenters. The maximum Gasteiger partial charge on any atom is 0.208 e. The first kappa shape index (κ1) is 12.0. The Morgan fingerprint density at radius 1 is 1.05 bits per heavy atom. The lowest BCUT2D eigenvalue weighted by Gasteiger charge is -2.10. The van der Waals surface area contributed by atoms with Crippen molar-refractivity contribution in [3.8, 4) is 5.69 Å². The molecule has 4 rings (SSSR count). The van der Waals surface area contributed by atoms with E-state index in [0.29, 0.717) is 6.04 Å². The number of para-hydroxylation sites is 2. The van der Waals surface area contributed by atoms with E-state index < -0.39 is 0 Å². The lowest BCUT2D eigenvalue weighted by molar-refractivity contribution is 1.02. The van der Waals surface area contributed by atoms with Crippen LogP contribution in [0, 0.1) is 0 Å². The third kappa shape index (κ3) is 2.10. The molecular weight excluding hydrogens is 314 g/mol. The fourth-order valence-corrected chi connectivity index (χ4v) is 2.65. The van der Waals surface area contributed by atoms with E-state index in [1.54, 1.807) is 0 Å². The lowest BCUT2D eigenvalue weighted by atomic mass is 10.3. The first-order valence-electron chi connectivity index (χ1n) is 6.81. The zero-order chi connectivity index (χ0) is 13.5. The van der Waals surface area contributed by atoms with Gasteiger partial charge in [0.25, 0.3) is 0 Å². The van der Waals surface area contributed by atoms with Crippen molar-refractivity contribution in [1.82, 2.24) is 9.55 Å². The number of halogens is 1. The highest BCUT2D eigenvalue weighted by molar-refractivity contribution is 9.10. The number of hydrogen-bond donors (Lipinski definition) is 1. The Labute approximate surface area is 125 Å². The number of anilines is 1. The maximum absolute atomic E-state index is 4.73. The number of nitrogens with one attached hydrogen (secondary N) is 1. The molecule has 1 aliphatic carbocycles. The van der Waals surface area contributed by atoms with Crippen molar-refractivity contribution >= 4 is 32.9 Å². The molecule has 0 saturated heterocycles. The van der Waals surface area contributed by atoms with Crippen molar-refractivity contribution in [1.29, 1.82) is 0 Å². The van der Waals surface area contributed by atoms with Gasteiger partial charge in [0.1, 0.15) is 0 Å². The van der Waals surface area contributed by atoms with Crippen LogP contribution in [0.2, 0.25) is 0 Å². The summed E-state index contributed by atoms with van der Waals surface area (Å²) in [6.45, 7) is 0. The molecule has 4 heteroatoms. The number of nitrogens with zero attached hydrogens (tertiary/aromatic N) is 2. The van der Waals surface area contributed by atoms with Gasteiger partial charge in [-0.05, 0) is 49.2 Å². The van der Waals surface area contributed by atoms with E-state index in [-0.39, 0.29) is 0 Å². The number of imidazole rings is 1. The maximum atomic E-state index is 4.73. The second kappa shape index (κ2) is 4.63. The van der Waals surface area contributed by atoms with Crippen molar-refractivity contribution in [2.45, 2.75) is 18.9 Å². The molecule has 0 amide bonds. The van der Waals surface area contributed by atoms with Gasteiger partial charge in [-0.3, -0.25) is 4.57 Å². The van der Waals surface area contributed by atoms with E-state index in [1.165, 1.54) is 12.8 Å². The average Bonchev–Trinajstić information content (AvgIpc) is 3.19. The first-order chi connectivity index (χ1) is 9.81. The average molecular weight is 328 g/mol. The standard InChI is InChI=1S/C16H14BrN3/c17-11-5-9-13(10-6-11)20-15-4-2-1-3-14(15)19-16(20)18-12-7-8-12/h1-6,9-10,12H,7-8H2,(H,18,19). The molecule has 1 N–H and O–H groups in total. The summed E-state index contributed by atoms with van der Waals surface area (Å²) in [5.74, 6) is 0.941. The van der Waals surface area contributed by atoms with Gasteiger partial charge in [-0.15, -0.1) is 0 Å². The van der Waals surface area contributed by atoms with Crippen LogP contribution in [-0.2, 0) is 0 Å². The monoisotopic (exact) mass is 327 g/mol. The topological polar surface area (TPSA) is 29.9 Å². The summed E-state index contributed by atoms with van der Waals surface area (Å²) in [5.41, 5.74) is 3.29. The molecule has 20 heavy (non-hydrogen) atoms. The Kier molecular flexibility index (Phi) is 2.77. The molecule has 1 aliphatic rings. The molecule has 100 valence electrons. The summed E-state index contributed by atoms with van der Waals surface area (Å²) in [7, 11) is 0. The fraction of sp³-hybridized carbons (Fsp3) is 0.188. The summed E-state index contributed by atoms with van der Waals surface area (Å²) < 4.78 is 3.28. The zero-order valence-corrected chi connectivity index (χ0v) is 12.5. The fourth-order valence-electron chi connectivity index (χ4n) is 2.38. The molecule has 3 aromatic rings. The van der Waals surface area contributed by atoms with Gasteiger partial charge >= 0.3 is 0 Å². The zero-order valence-electron chi connectivity index (χ0n) is 10.9. The highest BCUT2D eigenvalue weighted by Gasteiger charge is 2.24. The number of fused-ring (bicyclic) bond motifs is 1. The molecule has 1 saturated carbocycles. The largest absolute Gasteiger partial charge is 0.353 e. The smallest absolute Gasteiger partial charge is 0.208 e. The van der Waals surface area contributed by atoms with Crippen LogP contribution in [-0.4, -0.2) is 15.6 Å². The molecule has 0 bridgehead atoms. The van der Waals surface area contributed by atoms with Crippen molar-refractivity contribution in [3.05, 3.63) is 53.0 Å². The molecule has 0 spiro atoms. The molecule has 0 atom stereocenters. The van der Waals surface area contributed by atoms with E-state index in [2.05, 4.69) is 68.3 Å². The summed E-state index contributed by atoms with van der Waals surface area (Å²) in [4.78, 5) is 4.73. The molecular formula is C16H14BrN3. The molecule has 0 radical (unpaired) electrons. The number of benzene rings is 2. The van der Waals surface area contributed by atoms with E-state index in [4.69, 9.17) is 4.98 Å². The third-order valence-corrected chi connectivity index (χ3v) is 4.08. The summed E-state index contributed by atoms with van der Waals surface area (Å²) in [6.07, 6.45) is 2.48. The van der Waals surface area contributed by atoms with Crippen LogP contribution in [0.25, 0.3) is 16.7 Å². The molecule has 3 nitrogen and oxygen atoms in total. The van der Waals surface area contributed by atoms with Crippen molar-refractivity contribution < 1.29 is 0 Å². The highest BCUT2D eigenvalue weighted by Crippen LogP contribution is 2.29. The van der Waals surface area contributed by atoms with Crippen LogP contribution in [0.1, 0.15) is 12.8 Å². The summed E-state index contributed by atoms with van der Waals surface area (Å²) in [6, 6.07) is 17.2. The van der Waals surface area contributed by atoms with Crippen LogP contribution in [0.15, 0.2) is 53.0 Å². The normalized spacial score (nSPS) is 14.7. The Hall–Kier alpha value is -1.81. The predicted molar refractivity (Wildman–Crippen MR) is 85.4 cm³/mol. The number of hydrogen-bond acceptors (Lipinski definition) is 2. The number of rotatable bonds is 3. The van der Waals surface area contributed by atoms with Crippen molar-refractivity contribution in [3.63, 3.8) is 0 Å². The van der Waals surface area contributed by atoms with Crippen LogP contribution in [0.5, 0.6) is 0 Å². The van der Waals surface area contributed by atoms with E-state index in [9.17, 15) is 0 Å². The molecule has 1 heterocycles. The second-order valence-corrected chi connectivity index (χ2v) is 6.07. The van der Waals surface area contributed by atoms with Crippen LogP contribution in [0.3, 0.4) is 0 Å². The van der Waals surface area contributed by atoms with E-state index in [0.717, 1.165) is 27.1 Å². The highest BCUT2D eigenvalue weighted by atomic mass is 79.9. The van der Waals surface area contributed by atoms with Crippen molar-refractivity contribution in [2.24, 2.45) is 0 Å². The van der Waals surface area contributed by atoms with Gasteiger partial charge < -0.3 is 5.32 Å². The quantitative estimate of drug-likeness (QED) is 0.774. The first-order valence-corrected chi connectivity index (χ1v) is 7.60. The van der Waals surface area contributed by atoms with Gasteiger partial charge in [0, 0.05) is 16.2 Å². The minimum absolute atomic E-state index is 0.584. The third-order valence-electron chi connectivity index (χ3n) is 3.56. The van der Waals surface area contributed by atoms with Gasteiger partial charge in [-0.1, -0.05) is 28.1 Å². The number of aromatic nitrogens is 2. The van der Waals surface area contributed by atoms with Crippen LogP contribution < -0.4 is 5.32 Å². The minimum Gasteiger partial charge on any atom is -0.353 e. The van der Waals surface area contributed by atoms with Gasteiger partial charge in [-0.25, -0.2) is 4.98 Å². The van der Waals surface area contributed by atoms with Crippen molar-refractivity contribution in [2.75, 3.05) is 5.32 Å². The van der Waals surface area contributed by atoms with Crippen LogP contribution >= 0.6 is 15.9 Å². The minimum atomic E-state index is 0.584. The van der Waals surface area contributed by atoms with Crippen LogP contribution in [0.4, 0.5) is 5.95 Å². The van der Waals surface area contributed by atoms with Gasteiger partial charge in [0.15, 0.2) is 0 Å². The Balaban J connectivity index is 1.91. The summed E-state index contributed by atoms with van der Waals surface area (Å²) >= 11 is 3.49. The Morgan fingerprint density at radius 3 is 2.55 bits per heavy atom. The van der Waals surface area contributed by atoms with E-state index >= 15 is 0 Å². The Morgan fingerprint density at radius 2 is 1.80 bits per heavy atom. The second-order valence-electron chi connectivity index (χ2n) is 5.15. The summed E-state index contributed by atoms with van der Waals surface area (Å²) in [5, 5.41) is 3.53. The molecule has 1 fully saturated rings. The van der Waals surface area contributed by atoms with Gasteiger partial charge in [0.2, 0.25) is 5.95 Å². The van der Waals surface area contributed by atoms with E-state index in [1.807, 2.05) is 6.07 Å². The molecule has 2 aromatic carbocycles. The lowest BCUT2D eigenvalue weighted by Crippen LogP contribution is -2.07. The predicted octanol–water partition coefficient (Wildman–Crippen LogP) is 4.36. The van der Waals surface area contributed by atoms with Gasteiger partial charge in [-0.2, -0.15) is 0 Å². The van der Waals surface area contributed by atoms with Gasteiger partial charge in [0.05, 0.1) is 11.0 Å². The SMILES string of the molecule is Brc1ccc(-n2c(NC3CC3)nc3ccccc32)cc1.